The van der Waals surface area contributed by atoms with Gasteiger partial charge in [0.1, 0.15) is 17.1 Å². The zero-order chi connectivity index (χ0) is 51.2. The molecule has 13 nitrogen and oxygen atoms in total. The first-order chi connectivity index (χ1) is 34.1. The fraction of sp³-hybridized carbons (Fsp3) is 0.451. The molecule has 71 heavy (non-hydrogen) atoms. The number of nitrogens with zero attached hydrogens (tertiary/aromatic N) is 4. The Kier molecular flexibility index (Phi) is 20.5. The van der Waals surface area contributed by atoms with Crippen molar-refractivity contribution in [3.8, 4) is 11.5 Å². The van der Waals surface area contributed by atoms with E-state index < -0.39 is 38.1 Å². The predicted octanol–water partition coefficient (Wildman–Crippen LogP) is 10.9. The van der Waals surface area contributed by atoms with E-state index >= 15 is 0 Å². The van der Waals surface area contributed by atoms with Crippen molar-refractivity contribution in [1.29, 1.82) is 0 Å². The number of allylic oxidation sites excluding steroid dienone is 1. The van der Waals surface area contributed by atoms with E-state index in [2.05, 4.69) is 75.0 Å². The minimum atomic E-state index is -4.70. The second kappa shape index (κ2) is 26.0. The minimum Gasteiger partial charge on any atom is -0.455 e. The van der Waals surface area contributed by atoms with Crippen molar-refractivity contribution in [2.45, 2.75) is 61.8 Å². The number of benzene rings is 3. The van der Waals surface area contributed by atoms with Crippen LogP contribution in [0.15, 0.2) is 101 Å². The molecule has 2 aromatic heterocycles. The third-order valence-electron chi connectivity index (χ3n) is 12.6. The van der Waals surface area contributed by atoms with Crippen molar-refractivity contribution in [2.75, 3.05) is 102 Å². The highest BCUT2D eigenvalue weighted by Gasteiger charge is 2.34. The number of sulfonamides is 1. The van der Waals surface area contributed by atoms with Gasteiger partial charge < -0.3 is 30.0 Å². The summed E-state index contributed by atoms with van der Waals surface area (Å²) in [6, 6.07) is 20.1. The van der Waals surface area contributed by atoms with Crippen LogP contribution in [-0.2, 0) is 14.8 Å². The summed E-state index contributed by atoms with van der Waals surface area (Å²) in [7, 11) is -2.66. The van der Waals surface area contributed by atoms with Gasteiger partial charge in [0.25, 0.3) is 15.9 Å². The van der Waals surface area contributed by atoms with E-state index in [1.807, 2.05) is 44.9 Å². The van der Waals surface area contributed by atoms with Crippen LogP contribution in [0.1, 0.15) is 62.4 Å². The Balaban J connectivity index is 0.00000201. The Morgan fingerprint density at radius 3 is 2.41 bits per heavy atom. The first kappa shape index (κ1) is 56.0. The SMILES string of the molecule is CBr.CC.CNCC1(C)CCC(c2ccc(Cl)cc2)=C(CN2CCN(c3ccc(C(=O)NS(=O)(=O)c4ccc(NCCCN5CCOCC5)c(SC(F)(F)F)c4)c(Oc4cnc5[nH]ccc5c4)c3)CC2)C1. The fourth-order valence-electron chi connectivity index (χ4n) is 9.17. The molecule has 0 bridgehead atoms. The Labute approximate surface area is 433 Å². The van der Waals surface area contributed by atoms with Crippen LogP contribution in [0.4, 0.5) is 24.5 Å². The van der Waals surface area contributed by atoms with Crippen LogP contribution in [0.25, 0.3) is 16.6 Å². The van der Waals surface area contributed by atoms with Gasteiger partial charge in [0.05, 0.1) is 29.9 Å². The number of alkyl halides is 4. The summed E-state index contributed by atoms with van der Waals surface area (Å²) < 4.78 is 82.7. The molecule has 2 fully saturated rings. The van der Waals surface area contributed by atoms with Gasteiger partial charge in [0.2, 0.25) is 0 Å². The van der Waals surface area contributed by atoms with Gasteiger partial charge in [-0.1, -0.05) is 66.0 Å². The molecule has 1 aliphatic carbocycles. The normalized spacial score (nSPS) is 18.0. The molecule has 0 spiro atoms. The average Bonchev–Trinajstić information content (AvgIpc) is 3.83. The molecule has 20 heteroatoms. The van der Waals surface area contributed by atoms with Gasteiger partial charge in [-0.25, -0.2) is 18.1 Å². The number of hydrogen-bond acceptors (Lipinski definition) is 12. The van der Waals surface area contributed by atoms with Crippen molar-refractivity contribution in [1.82, 2.24) is 29.8 Å². The number of aromatic amines is 1. The number of rotatable bonds is 17. The molecule has 3 aliphatic rings. The number of amides is 1. The van der Waals surface area contributed by atoms with Gasteiger partial charge in [0.15, 0.2) is 0 Å². The van der Waals surface area contributed by atoms with Gasteiger partial charge in [-0.15, -0.1) is 0 Å². The Morgan fingerprint density at radius 1 is 0.972 bits per heavy atom. The third kappa shape index (κ3) is 15.6. The monoisotopic (exact) mass is 1100 g/mol. The molecule has 4 heterocycles. The number of morpholine rings is 1. The molecule has 386 valence electrons. The molecule has 8 rings (SSSR count). The number of piperazine rings is 1. The van der Waals surface area contributed by atoms with Crippen LogP contribution in [0.5, 0.6) is 11.5 Å². The molecule has 1 unspecified atom stereocenters. The molecule has 5 aromatic rings. The maximum Gasteiger partial charge on any atom is 0.446 e. The molecule has 1 atom stereocenters. The van der Waals surface area contributed by atoms with E-state index in [0.717, 1.165) is 82.2 Å². The second-order valence-electron chi connectivity index (χ2n) is 17.6. The molecule has 0 radical (unpaired) electrons. The van der Waals surface area contributed by atoms with Crippen LogP contribution < -0.4 is 25.0 Å². The first-order valence-electron chi connectivity index (χ1n) is 23.9. The molecule has 1 amide bonds. The number of ether oxygens (including phenoxy) is 2. The lowest BCUT2D eigenvalue weighted by molar-refractivity contribution is -0.0328. The molecule has 4 N–H and O–H groups in total. The summed E-state index contributed by atoms with van der Waals surface area (Å²) in [5.74, 6) is 1.20. The number of H-pyrrole nitrogens is 1. The summed E-state index contributed by atoms with van der Waals surface area (Å²) >= 11 is 8.78. The number of fused-ring (bicyclic) bond motifs is 1. The van der Waals surface area contributed by atoms with Gasteiger partial charge in [0, 0.05) is 97.8 Å². The number of halogens is 5. The molecule has 3 aromatic carbocycles. The van der Waals surface area contributed by atoms with Crippen molar-refractivity contribution >= 4 is 83.2 Å². The summed E-state index contributed by atoms with van der Waals surface area (Å²) in [6.45, 7) is 15.0. The van der Waals surface area contributed by atoms with Crippen molar-refractivity contribution in [2.24, 2.45) is 5.41 Å². The highest BCUT2D eigenvalue weighted by atomic mass is 79.9. The number of hydrogen-bond donors (Lipinski definition) is 4. The maximum atomic E-state index is 14.0. The third-order valence-corrected chi connectivity index (χ3v) is 15.0. The first-order valence-corrected chi connectivity index (χ1v) is 28.1. The second-order valence-corrected chi connectivity index (χ2v) is 20.8. The van der Waals surface area contributed by atoms with Crippen molar-refractivity contribution in [3.05, 3.63) is 107 Å². The number of anilines is 2. The number of thioether (sulfide) groups is 1. The lowest BCUT2D eigenvalue weighted by Gasteiger charge is -2.41. The van der Waals surface area contributed by atoms with E-state index in [1.165, 1.54) is 41.1 Å². The average molecular weight is 1110 g/mol. The maximum absolute atomic E-state index is 14.0. The zero-order valence-electron chi connectivity index (χ0n) is 40.9. The number of carbonyl (C=O) groups excluding carboxylic acids is 1. The van der Waals surface area contributed by atoms with Crippen LogP contribution in [0.3, 0.4) is 0 Å². The van der Waals surface area contributed by atoms with E-state index in [-0.39, 0.29) is 27.3 Å². The molecule has 0 saturated carbocycles. The highest BCUT2D eigenvalue weighted by Crippen LogP contribution is 2.44. The topological polar surface area (TPSA) is 144 Å². The summed E-state index contributed by atoms with van der Waals surface area (Å²) in [4.78, 5) is 27.5. The van der Waals surface area contributed by atoms with E-state index in [1.54, 1.807) is 24.4 Å². The summed E-state index contributed by atoms with van der Waals surface area (Å²) in [5, 5.41) is 7.90. The van der Waals surface area contributed by atoms with Crippen molar-refractivity contribution < 1.29 is 35.9 Å². The smallest absolute Gasteiger partial charge is 0.446 e. The number of aromatic nitrogens is 2. The predicted molar refractivity (Wildman–Crippen MR) is 285 cm³/mol. The van der Waals surface area contributed by atoms with Crippen LogP contribution in [0.2, 0.25) is 5.02 Å². The van der Waals surface area contributed by atoms with Gasteiger partial charge in [-0.05, 0) is 128 Å². The summed E-state index contributed by atoms with van der Waals surface area (Å²) in [6.07, 6.45) is 6.96. The van der Waals surface area contributed by atoms with Crippen LogP contribution >= 0.6 is 39.3 Å². The lowest BCUT2D eigenvalue weighted by Crippen LogP contribution is -2.47. The van der Waals surface area contributed by atoms with Gasteiger partial charge in [-0.3, -0.25) is 14.6 Å². The van der Waals surface area contributed by atoms with Gasteiger partial charge >= 0.3 is 5.51 Å². The largest absolute Gasteiger partial charge is 0.455 e. The standard InChI is InChI=1S/C48H56ClF3N8O5S2.C2H6.CH3Br/c1-47(32-53-2)14-12-40(33-4-6-36(49)7-5-33)35(29-47)31-59-18-20-60(21-19-59)37-8-10-41(43(27-37)65-38-26-34-13-16-55-45(34)56-30-38)46(61)57-67(62,63)39-9-11-42(44(28-39)66-48(50,51)52)54-15-3-17-58-22-24-64-25-23-58;2*1-2/h4-11,13,16,26-28,30,53-54H,3,12,14-15,17-25,29,31-32H2,1-2H3,(H,55,56)(H,57,61);1-2H3;1H3. The number of nitrogens with one attached hydrogen (secondary N) is 4. The minimum absolute atomic E-state index is 0.0815. The highest BCUT2D eigenvalue weighted by molar-refractivity contribution is 9.08. The van der Waals surface area contributed by atoms with Gasteiger partial charge in [-0.2, -0.15) is 13.2 Å². The van der Waals surface area contributed by atoms with E-state index in [4.69, 9.17) is 21.1 Å². The van der Waals surface area contributed by atoms with E-state index in [0.29, 0.717) is 55.7 Å². The Hall–Kier alpha value is -4.34. The Bertz CT molecular complexity index is 2680. The van der Waals surface area contributed by atoms with Crippen molar-refractivity contribution in [3.63, 3.8) is 0 Å². The molecule has 2 aliphatic heterocycles. The summed E-state index contributed by atoms with van der Waals surface area (Å²) in [5.41, 5.74) is 0.933. The quantitative estimate of drug-likeness (QED) is 0.0400. The molecular formula is C51H65BrClF3N8O5S2. The zero-order valence-corrected chi connectivity index (χ0v) is 44.9. The lowest BCUT2D eigenvalue weighted by atomic mass is 9.71. The Morgan fingerprint density at radius 2 is 1.70 bits per heavy atom. The molecule has 2 saturated heterocycles. The molecular weight excluding hydrogens is 1040 g/mol. The number of carbonyl (C=O) groups is 1. The number of pyridine rings is 1. The van der Waals surface area contributed by atoms with E-state index in [9.17, 15) is 26.4 Å². The van der Waals surface area contributed by atoms with Crippen LogP contribution in [-0.4, -0.2) is 131 Å². The van der Waals surface area contributed by atoms with Crippen LogP contribution in [0, 0.1) is 5.41 Å². The fourth-order valence-corrected chi connectivity index (χ4v) is 11.0.